The Morgan fingerprint density at radius 3 is 2.91 bits per heavy atom. The van der Waals surface area contributed by atoms with Crippen LogP contribution in [0.4, 0.5) is 0 Å². The van der Waals surface area contributed by atoms with Crippen molar-refractivity contribution in [3.8, 4) is 0 Å². The maximum atomic E-state index is 10.2. The molecule has 11 heavy (non-hydrogen) atoms. The van der Waals surface area contributed by atoms with Gasteiger partial charge in [0.2, 0.25) is 0 Å². The highest BCUT2D eigenvalue weighted by Gasteiger charge is 1.91. The minimum atomic E-state index is 0.684. The molecule has 0 saturated heterocycles. The number of nitrogens with zero attached hydrogens (tertiary/aromatic N) is 2. The minimum absolute atomic E-state index is 0.684. The second-order valence-corrected chi connectivity index (χ2v) is 2.42. The van der Waals surface area contributed by atoms with E-state index in [0.717, 1.165) is 12.0 Å². The van der Waals surface area contributed by atoms with Gasteiger partial charge in [-0.1, -0.05) is 0 Å². The van der Waals surface area contributed by atoms with Crippen molar-refractivity contribution in [2.45, 2.75) is 6.92 Å². The Kier molecular flexibility index (Phi) is 2.21. The van der Waals surface area contributed by atoms with Crippen molar-refractivity contribution in [1.82, 2.24) is 9.78 Å². The van der Waals surface area contributed by atoms with Gasteiger partial charge >= 0.3 is 0 Å². The van der Waals surface area contributed by atoms with Crippen LogP contribution in [-0.4, -0.2) is 16.1 Å². The van der Waals surface area contributed by atoms with Gasteiger partial charge in [-0.05, 0) is 24.6 Å². The number of rotatable bonds is 2. The van der Waals surface area contributed by atoms with E-state index in [1.807, 2.05) is 19.3 Å². The molecule has 0 aliphatic carbocycles. The van der Waals surface area contributed by atoms with Gasteiger partial charge in [0.25, 0.3) is 0 Å². The number of hydrogen-bond acceptors (Lipinski definition) is 2. The van der Waals surface area contributed by atoms with E-state index in [4.69, 9.17) is 0 Å². The lowest BCUT2D eigenvalue weighted by atomic mass is 10.3. The van der Waals surface area contributed by atoms with E-state index in [-0.39, 0.29) is 0 Å². The molecule has 0 atom stereocenters. The summed E-state index contributed by atoms with van der Waals surface area (Å²) in [7, 11) is 1.84. The van der Waals surface area contributed by atoms with E-state index < -0.39 is 0 Å². The third-order valence-corrected chi connectivity index (χ3v) is 1.30. The molecule has 0 unspecified atom stereocenters. The average Bonchev–Trinajstić information content (AvgIpc) is 2.35. The number of aryl methyl sites for hydroxylation is 1. The van der Waals surface area contributed by atoms with E-state index >= 15 is 0 Å². The Morgan fingerprint density at radius 1 is 1.73 bits per heavy atom. The van der Waals surface area contributed by atoms with Gasteiger partial charge in [0.15, 0.2) is 0 Å². The molecule has 0 N–H and O–H groups in total. The lowest BCUT2D eigenvalue weighted by molar-refractivity contribution is -0.104. The van der Waals surface area contributed by atoms with Gasteiger partial charge in [-0.25, -0.2) is 0 Å². The van der Waals surface area contributed by atoms with E-state index in [1.54, 1.807) is 17.7 Å². The zero-order valence-electron chi connectivity index (χ0n) is 6.61. The summed E-state index contributed by atoms with van der Waals surface area (Å²) in [5.74, 6) is 0. The molecule has 0 bridgehead atoms. The molecule has 0 aromatic carbocycles. The van der Waals surface area contributed by atoms with Crippen molar-refractivity contribution in [1.29, 1.82) is 0 Å². The predicted molar refractivity (Wildman–Crippen MR) is 42.9 cm³/mol. The fourth-order valence-corrected chi connectivity index (χ4v) is 0.777. The van der Waals surface area contributed by atoms with Gasteiger partial charge in [0, 0.05) is 13.2 Å². The lowest BCUT2D eigenvalue weighted by Gasteiger charge is -1.85. The van der Waals surface area contributed by atoms with E-state index in [1.165, 1.54) is 0 Å². The van der Waals surface area contributed by atoms with Crippen LogP contribution in [0.5, 0.6) is 0 Å². The maximum Gasteiger partial charge on any atom is 0.145 e. The van der Waals surface area contributed by atoms with Crippen LogP contribution in [0.3, 0.4) is 0 Å². The van der Waals surface area contributed by atoms with Crippen LogP contribution in [0.2, 0.25) is 0 Å². The highest BCUT2D eigenvalue weighted by Crippen LogP contribution is 2.00. The number of aldehydes is 1. The first-order valence-corrected chi connectivity index (χ1v) is 3.35. The number of hydrogen-bond donors (Lipinski definition) is 0. The fourth-order valence-electron chi connectivity index (χ4n) is 0.777. The predicted octanol–water partition coefficient (Wildman–Crippen LogP) is 1.02. The van der Waals surface area contributed by atoms with E-state index in [0.29, 0.717) is 5.57 Å². The van der Waals surface area contributed by atoms with Gasteiger partial charge < -0.3 is 0 Å². The Labute approximate surface area is 65.3 Å². The molecule has 1 rings (SSSR count). The first-order valence-electron chi connectivity index (χ1n) is 3.35. The van der Waals surface area contributed by atoms with Crippen molar-refractivity contribution in [3.63, 3.8) is 0 Å². The molecule has 0 amide bonds. The average molecular weight is 150 g/mol. The SMILES string of the molecule is C/C(C=O)=C/c1ccn(C)n1. The summed E-state index contributed by atoms with van der Waals surface area (Å²) in [5.41, 5.74) is 1.50. The van der Waals surface area contributed by atoms with Crippen LogP contribution >= 0.6 is 0 Å². The van der Waals surface area contributed by atoms with Crippen LogP contribution in [0.25, 0.3) is 6.08 Å². The Balaban J connectivity index is 2.86. The summed E-state index contributed by atoms with van der Waals surface area (Å²) < 4.78 is 1.70. The number of carbonyl (C=O) groups excluding carboxylic acids is 1. The first-order chi connectivity index (χ1) is 5.22. The molecular weight excluding hydrogens is 140 g/mol. The topological polar surface area (TPSA) is 34.9 Å². The largest absolute Gasteiger partial charge is 0.298 e. The molecular formula is C8H10N2O. The smallest absolute Gasteiger partial charge is 0.145 e. The first kappa shape index (κ1) is 7.72. The quantitative estimate of drug-likeness (QED) is 0.466. The minimum Gasteiger partial charge on any atom is -0.298 e. The van der Waals surface area contributed by atoms with Crippen molar-refractivity contribution >= 4 is 12.4 Å². The molecule has 0 radical (unpaired) electrons. The van der Waals surface area contributed by atoms with Crippen molar-refractivity contribution in [3.05, 3.63) is 23.5 Å². The summed E-state index contributed by atoms with van der Waals surface area (Å²) in [6.45, 7) is 1.75. The van der Waals surface area contributed by atoms with Crippen molar-refractivity contribution < 1.29 is 4.79 Å². The zero-order chi connectivity index (χ0) is 8.27. The van der Waals surface area contributed by atoms with E-state index in [2.05, 4.69) is 5.10 Å². The highest BCUT2D eigenvalue weighted by molar-refractivity contribution is 5.79. The van der Waals surface area contributed by atoms with Gasteiger partial charge in [-0.15, -0.1) is 0 Å². The molecule has 3 nitrogen and oxygen atoms in total. The standard InChI is InChI=1S/C8H10N2O/c1-7(6-11)5-8-3-4-10(2)9-8/h3-6H,1-2H3/b7-5-. The summed E-state index contributed by atoms with van der Waals surface area (Å²) in [6, 6.07) is 1.85. The second kappa shape index (κ2) is 3.14. The molecule has 0 spiro atoms. The molecule has 0 aliphatic rings. The Bertz CT molecular complexity index is 286. The van der Waals surface area contributed by atoms with Crippen molar-refractivity contribution in [2.24, 2.45) is 7.05 Å². The molecule has 1 aromatic heterocycles. The third kappa shape index (κ3) is 2.04. The van der Waals surface area contributed by atoms with Crippen LogP contribution in [0.15, 0.2) is 17.8 Å². The molecule has 0 fully saturated rings. The van der Waals surface area contributed by atoms with Crippen LogP contribution in [0, 0.1) is 0 Å². The zero-order valence-corrected chi connectivity index (χ0v) is 6.61. The van der Waals surface area contributed by atoms with Crippen LogP contribution < -0.4 is 0 Å². The molecule has 0 aliphatic heterocycles. The summed E-state index contributed by atoms with van der Waals surface area (Å²) >= 11 is 0. The lowest BCUT2D eigenvalue weighted by Crippen LogP contribution is -1.87. The monoisotopic (exact) mass is 150 g/mol. The normalized spacial score (nSPS) is 11.6. The molecule has 1 heterocycles. The molecule has 1 aromatic rings. The number of allylic oxidation sites excluding steroid dienone is 1. The summed E-state index contributed by atoms with van der Waals surface area (Å²) in [4.78, 5) is 10.2. The molecule has 58 valence electrons. The summed E-state index contributed by atoms with van der Waals surface area (Å²) in [6.07, 6.45) is 4.39. The van der Waals surface area contributed by atoms with Gasteiger partial charge in [0.05, 0.1) is 5.69 Å². The Morgan fingerprint density at radius 2 is 2.45 bits per heavy atom. The van der Waals surface area contributed by atoms with Crippen molar-refractivity contribution in [2.75, 3.05) is 0 Å². The van der Waals surface area contributed by atoms with Gasteiger partial charge in [-0.2, -0.15) is 5.10 Å². The second-order valence-electron chi connectivity index (χ2n) is 2.42. The van der Waals surface area contributed by atoms with Crippen LogP contribution in [-0.2, 0) is 11.8 Å². The van der Waals surface area contributed by atoms with Gasteiger partial charge in [0.1, 0.15) is 6.29 Å². The number of aromatic nitrogens is 2. The summed E-state index contributed by atoms with van der Waals surface area (Å²) in [5, 5.41) is 4.08. The molecule has 0 saturated carbocycles. The number of carbonyl (C=O) groups is 1. The fraction of sp³-hybridized carbons (Fsp3) is 0.250. The molecule has 3 heteroatoms. The van der Waals surface area contributed by atoms with Gasteiger partial charge in [-0.3, -0.25) is 9.48 Å². The Hall–Kier alpha value is -1.38. The third-order valence-electron chi connectivity index (χ3n) is 1.30. The highest BCUT2D eigenvalue weighted by atomic mass is 16.1. The van der Waals surface area contributed by atoms with Crippen LogP contribution in [0.1, 0.15) is 12.6 Å². The maximum absolute atomic E-state index is 10.2. The van der Waals surface area contributed by atoms with E-state index in [9.17, 15) is 4.79 Å².